The zero-order chi connectivity index (χ0) is 41.4. The number of rotatable bonds is 18. The predicted octanol–water partition coefficient (Wildman–Crippen LogP) is 15.6. The van der Waals surface area contributed by atoms with E-state index in [1.807, 2.05) is 0 Å². The van der Waals surface area contributed by atoms with Gasteiger partial charge in [-0.2, -0.15) is 10.5 Å². The van der Waals surface area contributed by atoms with E-state index in [4.69, 9.17) is 4.74 Å². The molecular weight excluding hydrogens is 731 g/mol. The zero-order valence-corrected chi connectivity index (χ0v) is 36.7. The van der Waals surface area contributed by atoms with E-state index in [1.54, 1.807) is 24.3 Å². The Kier molecular flexibility index (Phi) is 18.1. The summed E-state index contributed by atoms with van der Waals surface area (Å²) in [7, 11) is 0. The van der Waals surface area contributed by atoms with E-state index in [2.05, 4.69) is 38.1 Å². The molecule has 4 atom stereocenters. The monoisotopic (exact) mass is 805 g/mol. The minimum Gasteiger partial charge on any atom is -0.373 e. The Hall–Kier alpha value is -3.28. The molecule has 0 N–H and O–H groups in total. The maximum Gasteiger partial charge on any atom is 0.132 e. The fourth-order valence-corrected chi connectivity index (χ4v) is 12.2. The smallest absolute Gasteiger partial charge is 0.132 e. The van der Waals surface area contributed by atoms with Gasteiger partial charge in [-0.1, -0.05) is 128 Å². The van der Waals surface area contributed by atoms with E-state index in [-0.39, 0.29) is 23.5 Å². The van der Waals surface area contributed by atoms with Crippen molar-refractivity contribution < 1.29 is 13.5 Å². The highest BCUT2D eigenvalue weighted by molar-refractivity contribution is 5.70. The second-order valence-corrected chi connectivity index (χ2v) is 19.3. The van der Waals surface area contributed by atoms with Gasteiger partial charge in [0.25, 0.3) is 0 Å². The molecule has 2 aromatic carbocycles. The molecule has 0 bridgehead atoms. The average Bonchev–Trinajstić information content (AvgIpc) is 3.27. The number of halogens is 2. The van der Waals surface area contributed by atoms with Crippen molar-refractivity contribution in [2.24, 2.45) is 47.3 Å². The normalized spacial score (nSPS) is 28.2. The lowest BCUT2D eigenvalue weighted by Crippen LogP contribution is -2.27. The second-order valence-electron chi connectivity index (χ2n) is 19.3. The standard InChI is InChI=1S/C54H74F2N2O/c1-3-5-7-11-39-13-9-15-47(33-39)43-19-23-45(24-20-43)49(51-27-17-41(37-57)35-53(51)55)29-31-59-32-30-50(52-28-18-42(38-58)36-54(52)56)46-25-21-44(22-26-46)48-16-10-14-40(34-48)12-8-6-4-2/h17-18,27-30,35-36,39-40,43-48H,3-16,19-26,31-34H2,1-2H3/t39-,40-,43-,44-,45-,46-,47-,48-/m0/s1. The molecule has 4 aliphatic carbocycles. The van der Waals surface area contributed by atoms with Gasteiger partial charge in [-0.05, 0) is 147 Å². The first-order valence-electron chi connectivity index (χ1n) is 24.3. The summed E-state index contributed by atoms with van der Waals surface area (Å²) in [4.78, 5) is 0. The topological polar surface area (TPSA) is 56.8 Å². The third kappa shape index (κ3) is 12.9. The van der Waals surface area contributed by atoms with E-state index < -0.39 is 0 Å². The van der Waals surface area contributed by atoms with E-state index in [1.165, 1.54) is 141 Å². The van der Waals surface area contributed by atoms with Crippen molar-refractivity contribution in [3.05, 3.63) is 82.4 Å². The zero-order valence-electron chi connectivity index (χ0n) is 36.7. The van der Waals surface area contributed by atoms with Crippen LogP contribution in [0.3, 0.4) is 0 Å². The second kappa shape index (κ2) is 23.6. The van der Waals surface area contributed by atoms with Gasteiger partial charge in [0.15, 0.2) is 0 Å². The molecule has 3 nitrogen and oxygen atoms in total. The van der Waals surface area contributed by atoms with Gasteiger partial charge in [-0.25, -0.2) is 8.78 Å². The van der Waals surface area contributed by atoms with Crippen LogP contribution in [-0.4, -0.2) is 13.2 Å². The molecule has 2 aromatic rings. The van der Waals surface area contributed by atoms with Crippen molar-refractivity contribution in [1.82, 2.24) is 0 Å². The van der Waals surface area contributed by atoms with Crippen LogP contribution in [-0.2, 0) is 4.74 Å². The van der Waals surface area contributed by atoms with Gasteiger partial charge in [-0.15, -0.1) is 0 Å². The molecule has 0 heterocycles. The van der Waals surface area contributed by atoms with Gasteiger partial charge in [0, 0.05) is 11.1 Å². The van der Waals surface area contributed by atoms with Gasteiger partial charge in [0.2, 0.25) is 0 Å². The maximum absolute atomic E-state index is 15.7. The minimum absolute atomic E-state index is 0.256. The number of ether oxygens (including phenoxy) is 1. The van der Waals surface area contributed by atoms with Gasteiger partial charge in [0.05, 0.1) is 36.5 Å². The lowest BCUT2D eigenvalue weighted by atomic mass is 9.66. The van der Waals surface area contributed by atoms with E-state index in [0.29, 0.717) is 35.5 Å². The highest BCUT2D eigenvalue weighted by Gasteiger charge is 2.35. The third-order valence-corrected chi connectivity index (χ3v) is 15.5. The van der Waals surface area contributed by atoms with Crippen LogP contribution in [0.1, 0.15) is 190 Å². The van der Waals surface area contributed by atoms with Crippen molar-refractivity contribution in [3.8, 4) is 12.1 Å². The molecule has 0 amide bonds. The van der Waals surface area contributed by atoms with Crippen molar-refractivity contribution >= 4 is 11.1 Å². The highest BCUT2D eigenvalue weighted by atomic mass is 19.1. The molecule has 6 rings (SSSR count). The summed E-state index contributed by atoms with van der Waals surface area (Å²) in [6.07, 6.45) is 35.0. The first-order valence-corrected chi connectivity index (χ1v) is 24.3. The lowest BCUT2D eigenvalue weighted by molar-refractivity contribution is 0.144. The number of allylic oxidation sites excluding steroid dienone is 2. The van der Waals surface area contributed by atoms with E-state index >= 15 is 8.78 Å². The molecule has 0 unspecified atom stereocenters. The fraction of sp³-hybridized carbons (Fsp3) is 0.667. The summed E-state index contributed by atoms with van der Waals surface area (Å²) in [5, 5.41) is 18.9. The Morgan fingerprint density at radius 3 is 1.37 bits per heavy atom. The van der Waals surface area contributed by atoms with Gasteiger partial charge in [-0.3, -0.25) is 0 Å². The number of hydrogen-bond donors (Lipinski definition) is 0. The minimum atomic E-state index is -0.339. The van der Waals surface area contributed by atoms with E-state index in [0.717, 1.165) is 72.3 Å². The summed E-state index contributed by atoms with van der Waals surface area (Å²) in [5.74, 6) is 4.81. The Bertz CT molecular complexity index is 1620. The third-order valence-electron chi connectivity index (χ3n) is 15.5. The first-order chi connectivity index (χ1) is 28.9. The van der Waals surface area contributed by atoms with Crippen LogP contribution in [0.5, 0.6) is 0 Å². The summed E-state index contributed by atoms with van der Waals surface area (Å²) >= 11 is 0. The maximum atomic E-state index is 15.7. The molecule has 0 saturated heterocycles. The molecule has 0 aromatic heterocycles. The van der Waals surface area contributed by atoms with Gasteiger partial charge >= 0.3 is 0 Å². The van der Waals surface area contributed by atoms with Crippen molar-refractivity contribution in [3.63, 3.8) is 0 Å². The molecule has 0 aliphatic heterocycles. The van der Waals surface area contributed by atoms with Crippen LogP contribution < -0.4 is 0 Å². The van der Waals surface area contributed by atoms with Crippen molar-refractivity contribution in [1.29, 1.82) is 10.5 Å². The highest BCUT2D eigenvalue weighted by Crippen LogP contribution is 2.47. The Labute approximate surface area is 357 Å². The summed E-state index contributed by atoms with van der Waals surface area (Å²) in [6, 6.07) is 14.0. The molecule has 5 heteroatoms. The number of nitrogens with zero attached hydrogens (tertiary/aromatic N) is 2. The first kappa shape index (κ1) is 45.3. The van der Waals surface area contributed by atoms with E-state index in [9.17, 15) is 10.5 Å². The molecule has 59 heavy (non-hydrogen) atoms. The number of hydrogen-bond acceptors (Lipinski definition) is 3. The molecule has 0 radical (unpaired) electrons. The van der Waals surface area contributed by atoms with Crippen LogP contribution in [0, 0.1) is 81.6 Å². The van der Waals surface area contributed by atoms with Gasteiger partial charge < -0.3 is 4.74 Å². The van der Waals surface area contributed by atoms with Crippen molar-refractivity contribution in [2.45, 2.75) is 168 Å². The van der Waals surface area contributed by atoms with Crippen LogP contribution in [0.15, 0.2) is 48.6 Å². The molecule has 0 spiro atoms. The largest absolute Gasteiger partial charge is 0.373 e. The summed E-state index contributed by atoms with van der Waals surface area (Å²) in [6.45, 7) is 5.26. The Balaban J connectivity index is 1.11. The predicted molar refractivity (Wildman–Crippen MR) is 239 cm³/mol. The summed E-state index contributed by atoms with van der Waals surface area (Å²) in [5.41, 5.74) is 3.85. The SMILES string of the molecule is CCCCC[C@H]1CCC[C@H]([C@H]2CC[C@H](C(=CCOCC=C(c3ccc(C#N)cc3F)[C@H]3CC[C@H]([C@H]4CCC[C@H](CCCCC)C4)CC3)c3ccc(C#N)cc3F)CC2)C1. The number of nitriles is 2. The average molecular weight is 805 g/mol. The fourth-order valence-electron chi connectivity index (χ4n) is 12.2. The van der Waals surface area contributed by atoms with Crippen LogP contribution in [0.4, 0.5) is 8.78 Å². The van der Waals surface area contributed by atoms with Gasteiger partial charge in [0.1, 0.15) is 11.6 Å². The molecular formula is C54H74F2N2O. The van der Waals surface area contributed by atoms with Crippen molar-refractivity contribution in [2.75, 3.05) is 13.2 Å². The molecule has 4 fully saturated rings. The lowest BCUT2D eigenvalue weighted by Gasteiger charge is -2.39. The Morgan fingerprint density at radius 2 is 1.00 bits per heavy atom. The quantitative estimate of drug-likeness (QED) is 0.141. The Morgan fingerprint density at radius 1 is 0.576 bits per heavy atom. The number of unbranched alkanes of at least 4 members (excludes halogenated alkanes) is 4. The number of benzene rings is 2. The molecule has 4 saturated carbocycles. The molecule has 4 aliphatic rings. The molecule has 320 valence electrons. The van der Waals surface area contributed by atoms with Crippen LogP contribution >= 0.6 is 0 Å². The van der Waals surface area contributed by atoms with Crippen LogP contribution in [0.2, 0.25) is 0 Å². The van der Waals surface area contributed by atoms with Crippen LogP contribution in [0.25, 0.3) is 11.1 Å². The summed E-state index contributed by atoms with van der Waals surface area (Å²) < 4.78 is 37.7.